The number of nitrogens with zero attached hydrogens (tertiary/aromatic N) is 3. The lowest BCUT2D eigenvalue weighted by Crippen LogP contribution is -2.34. The third-order valence-corrected chi connectivity index (χ3v) is 8.52. The number of likely N-dealkylation sites (tertiary alicyclic amines) is 1. The first kappa shape index (κ1) is 23.7. The number of rotatable bonds is 8. The largest absolute Gasteiger partial charge is 0.380 e. The predicted molar refractivity (Wildman–Crippen MR) is 129 cm³/mol. The molecule has 33 heavy (non-hydrogen) atoms. The normalized spacial score (nSPS) is 20.1. The predicted octanol–water partition coefficient (Wildman–Crippen LogP) is 4.22. The second kappa shape index (κ2) is 10.2. The molecule has 9 heteroatoms. The summed E-state index contributed by atoms with van der Waals surface area (Å²) in [5.41, 5.74) is 2.48. The molecule has 0 radical (unpaired) electrons. The Bertz CT molecular complexity index is 1100. The Hall–Kier alpha value is -2.49. The van der Waals surface area contributed by atoms with E-state index in [1.54, 1.807) is 0 Å². The van der Waals surface area contributed by atoms with E-state index in [1.807, 2.05) is 12.1 Å². The fourth-order valence-corrected chi connectivity index (χ4v) is 6.50. The molecule has 2 aromatic carbocycles. The molecule has 0 spiro atoms. The first-order valence-electron chi connectivity index (χ1n) is 11.7. The number of hydrogen-bond donors (Lipinski definition) is 1. The molecule has 1 unspecified atom stereocenters. The first-order valence-corrected chi connectivity index (χ1v) is 13.1. The second-order valence-electron chi connectivity index (χ2n) is 9.15. The van der Waals surface area contributed by atoms with Crippen LogP contribution in [0.5, 0.6) is 0 Å². The zero-order chi connectivity index (χ0) is 23.4. The van der Waals surface area contributed by atoms with Crippen molar-refractivity contribution in [3.63, 3.8) is 0 Å². The van der Waals surface area contributed by atoms with Crippen LogP contribution in [-0.4, -0.2) is 48.7 Å². The quantitative estimate of drug-likeness (QED) is 0.456. The molecule has 2 heterocycles. The van der Waals surface area contributed by atoms with Crippen molar-refractivity contribution in [1.29, 1.82) is 0 Å². The Labute approximate surface area is 195 Å². The van der Waals surface area contributed by atoms with E-state index in [4.69, 9.17) is 0 Å². The number of anilines is 1. The molecule has 2 saturated heterocycles. The van der Waals surface area contributed by atoms with Crippen LogP contribution in [0, 0.1) is 16.0 Å². The van der Waals surface area contributed by atoms with E-state index in [0.717, 1.165) is 38.0 Å². The van der Waals surface area contributed by atoms with E-state index in [1.165, 1.54) is 40.9 Å². The van der Waals surface area contributed by atoms with Gasteiger partial charge in [-0.15, -0.1) is 0 Å². The zero-order valence-corrected chi connectivity index (χ0v) is 19.9. The Morgan fingerprint density at radius 1 is 1.06 bits per heavy atom. The Kier molecular flexibility index (Phi) is 7.31. The topological polar surface area (TPSA) is 95.8 Å². The van der Waals surface area contributed by atoms with Gasteiger partial charge in [0, 0.05) is 44.9 Å². The molecule has 2 aromatic rings. The van der Waals surface area contributed by atoms with Gasteiger partial charge in [0.1, 0.15) is 4.90 Å². The van der Waals surface area contributed by atoms with E-state index >= 15 is 0 Å². The molecule has 0 bridgehead atoms. The van der Waals surface area contributed by atoms with Crippen molar-refractivity contribution in [2.75, 3.05) is 31.5 Å². The molecule has 1 N–H and O–H groups in total. The van der Waals surface area contributed by atoms with Gasteiger partial charge in [0.25, 0.3) is 5.69 Å². The summed E-state index contributed by atoms with van der Waals surface area (Å²) in [6.07, 6.45) is 4.09. The van der Waals surface area contributed by atoms with Crippen LogP contribution in [0.2, 0.25) is 0 Å². The lowest BCUT2D eigenvalue weighted by molar-refractivity contribution is -0.385. The van der Waals surface area contributed by atoms with Gasteiger partial charge in [-0.1, -0.05) is 31.2 Å². The molecule has 2 aliphatic heterocycles. The highest BCUT2D eigenvalue weighted by Gasteiger charge is 2.31. The number of non-ortho nitro benzene ring substituents is 1. The fraction of sp³-hybridized carbons (Fsp3) is 0.500. The zero-order valence-electron chi connectivity index (χ0n) is 19.1. The average molecular weight is 473 g/mol. The maximum atomic E-state index is 13.3. The molecule has 0 saturated carbocycles. The molecule has 0 aliphatic carbocycles. The molecule has 2 aliphatic rings. The molecule has 178 valence electrons. The smallest absolute Gasteiger partial charge is 0.270 e. The van der Waals surface area contributed by atoms with E-state index in [9.17, 15) is 18.5 Å². The summed E-state index contributed by atoms with van der Waals surface area (Å²) in [6, 6.07) is 12.2. The minimum absolute atomic E-state index is 0.0269. The number of nitro benzene ring substituents is 1. The summed E-state index contributed by atoms with van der Waals surface area (Å²) in [6.45, 7) is 6.66. The van der Waals surface area contributed by atoms with Gasteiger partial charge in [-0.25, -0.2) is 8.42 Å². The SMILES string of the molecule is CC1CCCN(Cc2ccccc2CNc2ccc([N+](=O)[O-])cc2S(=O)(=O)N2CCCC2)C1. The van der Waals surface area contributed by atoms with Crippen molar-refractivity contribution in [3.05, 3.63) is 63.7 Å². The minimum Gasteiger partial charge on any atom is -0.380 e. The Morgan fingerprint density at radius 3 is 2.48 bits per heavy atom. The van der Waals surface area contributed by atoms with Crippen molar-refractivity contribution >= 4 is 21.4 Å². The number of nitrogens with one attached hydrogen (secondary N) is 1. The summed E-state index contributed by atoms with van der Waals surface area (Å²) in [5.74, 6) is 0.697. The van der Waals surface area contributed by atoms with Crippen LogP contribution in [0.1, 0.15) is 43.7 Å². The summed E-state index contributed by atoms with van der Waals surface area (Å²) >= 11 is 0. The monoisotopic (exact) mass is 472 g/mol. The number of sulfonamides is 1. The summed E-state index contributed by atoms with van der Waals surface area (Å²) in [4.78, 5) is 13.2. The maximum absolute atomic E-state index is 13.3. The van der Waals surface area contributed by atoms with Gasteiger partial charge in [0.15, 0.2) is 0 Å². The van der Waals surface area contributed by atoms with E-state index in [-0.39, 0.29) is 10.6 Å². The van der Waals surface area contributed by atoms with Crippen molar-refractivity contribution < 1.29 is 13.3 Å². The summed E-state index contributed by atoms with van der Waals surface area (Å²) in [7, 11) is -3.81. The average Bonchev–Trinajstić information content (AvgIpc) is 3.34. The third-order valence-electron chi connectivity index (χ3n) is 6.58. The molecule has 0 amide bonds. The van der Waals surface area contributed by atoms with E-state index in [0.29, 0.717) is 31.2 Å². The maximum Gasteiger partial charge on any atom is 0.270 e. The molecule has 1 atom stereocenters. The van der Waals surface area contributed by atoms with Gasteiger partial charge in [-0.2, -0.15) is 4.31 Å². The molecular weight excluding hydrogens is 440 g/mol. The van der Waals surface area contributed by atoms with E-state index in [2.05, 4.69) is 29.3 Å². The first-order chi connectivity index (χ1) is 15.8. The molecule has 0 aromatic heterocycles. The van der Waals surface area contributed by atoms with Crippen molar-refractivity contribution in [1.82, 2.24) is 9.21 Å². The van der Waals surface area contributed by atoms with Crippen molar-refractivity contribution in [2.24, 2.45) is 5.92 Å². The fourth-order valence-electron chi connectivity index (χ4n) is 4.80. The van der Waals surface area contributed by atoms with Crippen LogP contribution in [0.25, 0.3) is 0 Å². The second-order valence-corrected chi connectivity index (χ2v) is 11.1. The number of piperidine rings is 1. The van der Waals surface area contributed by atoms with Crippen LogP contribution in [0.4, 0.5) is 11.4 Å². The Balaban J connectivity index is 1.57. The highest BCUT2D eigenvalue weighted by molar-refractivity contribution is 7.89. The third kappa shape index (κ3) is 5.54. The van der Waals surface area contributed by atoms with Gasteiger partial charge in [0.05, 0.1) is 10.6 Å². The van der Waals surface area contributed by atoms with Crippen molar-refractivity contribution in [2.45, 2.75) is 50.6 Å². The number of benzene rings is 2. The Morgan fingerprint density at radius 2 is 1.79 bits per heavy atom. The molecule has 8 nitrogen and oxygen atoms in total. The number of nitro groups is 1. The van der Waals surface area contributed by atoms with Gasteiger partial charge in [-0.3, -0.25) is 15.0 Å². The summed E-state index contributed by atoms with van der Waals surface area (Å²) in [5, 5.41) is 14.6. The van der Waals surface area contributed by atoms with Gasteiger partial charge < -0.3 is 5.32 Å². The van der Waals surface area contributed by atoms with Crippen LogP contribution < -0.4 is 5.32 Å². The van der Waals surface area contributed by atoms with Crippen LogP contribution in [0.3, 0.4) is 0 Å². The van der Waals surface area contributed by atoms with Crippen molar-refractivity contribution in [3.8, 4) is 0 Å². The van der Waals surface area contributed by atoms with Crippen LogP contribution in [0.15, 0.2) is 47.4 Å². The highest BCUT2D eigenvalue weighted by atomic mass is 32.2. The van der Waals surface area contributed by atoms with E-state index < -0.39 is 14.9 Å². The molecular formula is C24H32N4O4S. The number of hydrogen-bond acceptors (Lipinski definition) is 6. The van der Waals surface area contributed by atoms with Gasteiger partial charge >= 0.3 is 0 Å². The van der Waals surface area contributed by atoms with Gasteiger partial charge in [-0.05, 0) is 55.3 Å². The lowest BCUT2D eigenvalue weighted by Gasteiger charge is -2.31. The van der Waals surface area contributed by atoms with Crippen LogP contribution in [-0.2, 0) is 23.1 Å². The molecule has 2 fully saturated rings. The lowest BCUT2D eigenvalue weighted by atomic mass is 9.99. The highest BCUT2D eigenvalue weighted by Crippen LogP contribution is 2.31. The van der Waals surface area contributed by atoms with Crippen LogP contribution >= 0.6 is 0 Å². The standard InChI is InChI=1S/C24H32N4O4S/c1-19-7-6-12-26(17-19)18-21-9-3-2-8-20(21)16-25-23-11-10-22(28(29)30)15-24(23)33(31,32)27-13-4-5-14-27/h2-3,8-11,15,19,25H,4-7,12-14,16-18H2,1H3. The summed E-state index contributed by atoms with van der Waals surface area (Å²) < 4.78 is 27.9. The molecule has 4 rings (SSSR count). The minimum atomic E-state index is -3.81. The van der Waals surface area contributed by atoms with Gasteiger partial charge in [0.2, 0.25) is 10.0 Å².